The van der Waals surface area contributed by atoms with E-state index in [1.54, 1.807) is 12.1 Å². The lowest BCUT2D eigenvalue weighted by Gasteiger charge is -2.20. The average Bonchev–Trinajstić information content (AvgIpc) is 3.12. The second-order valence-electron chi connectivity index (χ2n) is 6.14. The van der Waals surface area contributed by atoms with E-state index >= 15 is 0 Å². The van der Waals surface area contributed by atoms with Gasteiger partial charge >= 0.3 is 5.97 Å². The molecule has 9 heteroatoms. The van der Waals surface area contributed by atoms with Crippen molar-refractivity contribution in [3.8, 4) is 0 Å². The van der Waals surface area contributed by atoms with Gasteiger partial charge in [-0.3, -0.25) is 10.1 Å². The van der Waals surface area contributed by atoms with Gasteiger partial charge in [0.1, 0.15) is 5.82 Å². The van der Waals surface area contributed by atoms with E-state index in [2.05, 4.69) is 4.74 Å². The summed E-state index contributed by atoms with van der Waals surface area (Å²) in [4.78, 5) is 24.2. The number of hydrogen-bond acceptors (Lipinski definition) is 5. The van der Waals surface area contributed by atoms with Crippen LogP contribution in [0.3, 0.4) is 0 Å². The molecule has 0 amide bonds. The summed E-state index contributed by atoms with van der Waals surface area (Å²) in [5, 5.41) is 12.0. The summed E-state index contributed by atoms with van der Waals surface area (Å²) in [6.07, 6.45) is 0.621. The molecule has 0 spiro atoms. The molecule has 1 heterocycles. The van der Waals surface area contributed by atoms with Crippen LogP contribution in [0.1, 0.15) is 28.3 Å². The Morgan fingerprint density at radius 3 is 2.67 bits per heavy atom. The molecule has 1 atom stereocenters. The SMILES string of the molecule is COC(=O)c1c([N+](=O)[O-])ccc(C2CCN(c3ccc(Cl)c(Cl)c3)C2)c1F. The van der Waals surface area contributed by atoms with Crippen LogP contribution in [0.2, 0.25) is 10.0 Å². The topological polar surface area (TPSA) is 72.7 Å². The molecule has 1 saturated heterocycles. The van der Waals surface area contributed by atoms with Gasteiger partial charge in [0.25, 0.3) is 5.69 Å². The van der Waals surface area contributed by atoms with Gasteiger partial charge in [0.15, 0.2) is 5.56 Å². The Morgan fingerprint density at radius 2 is 2.04 bits per heavy atom. The number of anilines is 1. The third kappa shape index (κ3) is 3.70. The third-order valence-corrected chi connectivity index (χ3v) is 5.37. The molecule has 3 rings (SSSR count). The minimum Gasteiger partial charge on any atom is -0.465 e. The number of carbonyl (C=O) groups excluding carboxylic acids is 1. The number of nitro benzene ring substituents is 1. The van der Waals surface area contributed by atoms with Gasteiger partial charge in [-0.05, 0) is 36.2 Å². The number of nitrogens with zero attached hydrogens (tertiary/aromatic N) is 2. The fourth-order valence-electron chi connectivity index (χ4n) is 3.28. The van der Waals surface area contributed by atoms with Crippen LogP contribution < -0.4 is 4.90 Å². The first-order valence-electron chi connectivity index (χ1n) is 8.08. The average molecular weight is 413 g/mol. The largest absolute Gasteiger partial charge is 0.465 e. The van der Waals surface area contributed by atoms with Gasteiger partial charge in [-0.2, -0.15) is 0 Å². The van der Waals surface area contributed by atoms with Gasteiger partial charge in [-0.25, -0.2) is 9.18 Å². The number of hydrogen-bond donors (Lipinski definition) is 0. The van der Waals surface area contributed by atoms with Crippen LogP contribution >= 0.6 is 23.2 Å². The van der Waals surface area contributed by atoms with Crippen molar-refractivity contribution in [3.05, 3.63) is 67.4 Å². The monoisotopic (exact) mass is 412 g/mol. The van der Waals surface area contributed by atoms with E-state index in [1.165, 1.54) is 6.07 Å². The Kier molecular flexibility index (Phi) is 5.53. The molecule has 6 nitrogen and oxygen atoms in total. The van der Waals surface area contributed by atoms with Crippen molar-refractivity contribution in [1.82, 2.24) is 0 Å². The van der Waals surface area contributed by atoms with Crippen LogP contribution in [0, 0.1) is 15.9 Å². The summed E-state index contributed by atoms with van der Waals surface area (Å²) in [6.45, 7) is 1.12. The molecule has 0 saturated carbocycles. The molecule has 0 aliphatic carbocycles. The lowest BCUT2D eigenvalue weighted by Crippen LogP contribution is -2.20. The van der Waals surface area contributed by atoms with Crippen molar-refractivity contribution >= 4 is 40.5 Å². The van der Waals surface area contributed by atoms with Crippen molar-refractivity contribution in [2.24, 2.45) is 0 Å². The van der Waals surface area contributed by atoms with Crippen LogP contribution in [0.4, 0.5) is 15.8 Å². The van der Waals surface area contributed by atoms with E-state index in [0.717, 1.165) is 18.9 Å². The summed E-state index contributed by atoms with van der Waals surface area (Å²) in [6, 6.07) is 7.75. The molecule has 1 fully saturated rings. The number of esters is 1. The second-order valence-corrected chi connectivity index (χ2v) is 6.96. The number of ether oxygens (including phenoxy) is 1. The molecule has 27 heavy (non-hydrogen) atoms. The molecule has 1 aliphatic heterocycles. The predicted octanol–water partition coefficient (Wildman–Crippen LogP) is 4.82. The molecule has 142 valence electrons. The lowest BCUT2D eigenvalue weighted by molar-refractivity contribution is -0.385. The summed E-state index contributed by atoms with van der Waals surface area (Å²) < 4.78 is 19.5. The summed E-state index contributed by atoms with van der Waals surface area (Å²) in [5.41, 5.74) is -0.151. The minimum absolute atomic E-state index is 0.233. The van der Waals surface area contributed by atoms with E-state index in [0.29, 0.717) is 29.6 Å². The van der Waals surface area contributed by atoms with E-state index in [9.17, 15) is 19.3 Å². The number of methoxy groups -OCH3 is 1. The number of nitro groups is 1. The van der Waals surface area contributed by atoms with Crippen LogP contribution in [0.25, 0.3) is 0 Å². The summed E-state index contributed by atoms with van der Waals surface area (Å²) in [7, 11) is 1.06. The fraction of sp³-hybridized carbons (Fsp3) is 0.278. The molecule has 2 aromatic carbocycles. The number of benzene rings is 2. The molecule has 0 radical (unpaired) electrons. The normalized spacial score (nSPS) is 16.4. The van der Waals surface area contributed by atoms with Crippen LogP contribution in [-0.2, 0) is 4.74 Å². The molecule has 0 N–H and O–H groups in total. The second kappa shape index (κ2) is 7.70. The third-order valence-electron chi connectivity index (χ3n) is 4.63. The molecular weight excluding hydrogens is 398 g/mol. The number of carbonyl (C=O) groups is 1. The highest BCUT2D eigenvalue weighted by Crippen LogP contribution is 2.37. The lowest BCUT2D eigenvalue weighted by atomic mass is 9.95. The zero-order valence-electron chi connectivity index (χ0n) is 14.2. The van der Waals surface area contributed by atoms with Gasteiger partial charge in [-0.15, -0.1) is 0 Å². The minimum atomic E-state index is -1.07. The van der Waals surface area contributed by atoms with Crippen LogP contribution in [0.5, 0.6) is 0 Å². The first kappa shape index (κ1) is 19.4. The molecule has 1 aliphatic rings. The van der Waals surface area contributed by atoms with E-state index in [-0.39, 0.29) is 11.5 Å². The van der Waals surface area contributed by atoms with Crippen molar-refractivity contribution in [2.75, 3.05) is 25.1 Å². The Balaban J connectivity index is 1.92. The molecule has 2 aromatic rings. The van der Waals surface area contributed by atoms with Crippen molar-refractivity contribution < 1.29 is 18.8 Å². The van der Waals surface area contributed by atoms with Crippen LogP contribution in [0.15, 0.2) is 30.3 Å². The quantitative estimate of drug-likeness (QED) is 0.408. The van der Waals surface area contributed by atoms with Crippen molar-refractivity contribution in [1.29, 1.82) is 0 Å². The zero-order valence-corrected chi connectivity index (χ0v) is 15.8. The highest BCUT2D eigenvalue weighted by Gasteiger charge is 2.33. The standard InChI is InChI=1S/C18H15Cl2FN2O4/c1-27-18(24)16-15(23(25)26)5-3-12(17(16)21)10-6-7-22(9-10)11-2-4-13(19)14(20)8-11/h2-5,8,10H,6-7,9H2,1H3. The zero-order chi connectivity index (χ0) is 19.7. The van der Waals surface area contributed by atoms with Crippen LogP contribution in [-0.4, -0.2) is 31.1 Å². The maximum absolute atomic E-state index is 15.0. The van der Waals surface area contributed by atoms with Gasteiger partial charge in [0, 0.05) is 30.8 Å². The van der Waals surface area contributed by atoms with Gasteiger partial charge in [0.05, 0.1) is 22.1 Å². The summed E-state index contributed by atoms with van der Waals surface area (Å²) in [5.74, 6) is -2.21. The molecule has 1 unspecified atom stereocenters. The maximum atomic E-state index is 15.0. The number of halogens is 3. The highest BCUT2D eigenvalue weighted by molar-refractivity contribution is 6.42. The molecule has 0 bridgehead atoms. The Labute approximate surface area is 164 Å². The van der Waals surface area contributed by atoms with E-state index in [4.69, 9.17) is 23.2 Å². The molecule has 0 aromatic heterocycles. The first-order chi connectivity index (χ1) is 12.8. The fourth-order valence-corrected chi connectivity index (χ4v) is 3.57. The van der Waals surface area contributed by atoms with E-state index < -0.39 is 28.0 Å². The van der Waals surface area contributed by atoms with Gasteiger partial charge in [0.2, 0.25) is 0 Å². The van der Waals surface area contributed by atoms with Gasteiger partial charge < -0.3 is 9.64 Å². The molecular formula is C18H15Cl2FN2O4. The summed E-state index contributed by atoms with van der Waals surface area (Å²) >= 11 is 12.0. The van der Waals surface area contributed by atoms with E-state index in [1.807, 2.05) is 11.0 Å². The Hall–Kier alpha value is -2.38. The van der Waals surface area contributed by atoms with Crippen molar-refractivity contribution in [2.45, 2.75) is 12.3 Å². The Bertz CT molecular complexity index is 922. The highest BCUT2D eigenvalue weighted by atomic mass is 35.5. The first-order valence-corrected chi connectivity index (χ1v) is 8.84. The van der Waals surface area contributed by atoms with Crippen molar-refractivity contribution in [3.63, 3.8) is 0 Å². The Morgan fingerprint density at radius 1 is 1.30 bits per heavy atom. The predicted molar refractivity (Wildman–Crippen MR) is 100 cm³/mol. The smallest absolute Gasteiger partial charge is 0.347 e. The number of rotatable bonds is 4. The maximum Gasteiger partial charge on any atom is 0.347 e. The van der Waals surface area contributed by atoms with Gasteiger partial charge in [-0.1, -0.05) is 23.2 Å².